The van der Waals surface area contributed by atoms with Crippen molar-refractivity contribution in [1.29, 1.82) is 5.26 Å². The first-order valence-corrected chi connectivity index (χ1v) is 4.82. The monoisotopic (exact) mass is 195 g/mol. The fourth-order valence-electron chi connectivity index (χ4n) is 1.56. The second kappa shape index (κ2) is 4.39. The molecule has 72 valence electrons. The minimum atomic E-state index is 0.380. The van der Waals surface area contributed by atoms with E-state index >= 15 is 0 Å². The van der Waals surface area contributed by atoms with Crippen molar-refractivity contribution in [3.63, 3.8) is 0 Å². The summed E-state index contributed by atoms with van der Waals surface area (Å²) in [7, 11) is 0. The van der Waals surface area contributed by atoms with Gasteiger partial charge in [0.25, 0.3) is 0 Å². The van der Waals surface area contributed by atoms with Crippen molar-refractivity contribution >= 4 is 0 Å². The second-order valence-electron chi connectivity index (χ2n) is 3.24. The number of hydrogen-bond donors (Lipinski definition) is 0. The molecule has 2 heteroatoms. The third-order valence-corrected chi connectivity index (χ3v) is 2.25. The molecule has 0 atom stereocenters. The van der Waals surface area contributed by atoms with Gasteiger partial charge in [-0.05, 0) is 18.2 Å². The molecule has 2 nitrogen and oxygen atoms in total. The first-order valence-electron chi connectivity index (χ1n) is 4.82. The van der Waals surface area contributed by atoms with Crippen molar-refractivity contribution in [1.82, 2.24) is 0 Å². The molecule has 1 aromatic heterocycles. The first kappa shape index (κ1) is 9.42. The molecular formula is C13H11N2+. The average Bonchev–Trinajstić information content (AvgIpc) is 2.31. The maximum atomic E-state index is 8.72. The van der Waals surface area contributed by atoms with Crippen LogP contribution in [0.1, 0.15) is 0 Å². The molecule has 0 saturated heterocycles. The molecule has 0 saturated carbocycles. The topological polar surface area (TPSA) is 27.7 Å². The maximum Gasteiger partial charge on any atom is 0.234 e. The Morgan fingerprint density at radius 2 is 1.73 bits per heavy atom. The molecule has 0 unspecified atom stereocenters. The lowest BCUT2D eigenvalue weighted by Gasteiger charge is -1.99. The number of nitriles is 1. The molecule has 0 radical (unpaired) electrons. The van der Waals surface area contributed by atoms with E-state index < -0.39 is 0 Å². The summed E-state index contributed by atoms with van der Waals surface area (Å²) in [5, 5.41) is 8.72. The van der Waals surface area contributed by atoms with E-state index in [1.165, 1.54) is 0 Å². The molecule has 2 aromatic rings. The number of pyridine rings is 1. The minimum absolute atomic E-state index is 0.380. The summed E-state index contributed by atoms with van der Waals surface area (Å²) < 4.78 is 1.94. The highest BCUT2D eigenvalue weighted by molar-refractivity contribution is 5.55. The van der Waals surface area contributed by atoms with Gasteiger partial charge in [0.1, 0.15) is 6.07 Å². The zero-order valence-electron chi connectivity index (χ0n) is 8.30. The largest absolute Gasteiger partial charge is 0.234 e. The zero-order valence-corrected chi connectivity index (χ0v) is 8.30. The molecule has 0 bridgehead atoms. The van der Waals surface area contributed by atoms with Gasteiger partial charge in [-0.3, -0.25) is 0 Å². The Morgan fingerprint density at radius 1 is 1.00 bits per heavy atom. The van der Waals surface area contributed by atoms with Gasteiger partial charge >= 0.3 is 0 Å². The van der Waals surface area contributed by atoms with Gasteiger partial charge in [-0.2, -0.15) is 9.83 Å². The van der Waals surface area contributed by atoms with E-state index in [0.717, 1.165) is 11.3 Å². The van der Waals surface area contributed by atoms with Gasteiger partial charge in [-0.25, -0.2) is 0 Å². The van der Waals surface area contributed by atoms with E-state index in [0.29, 0.717) is 6.54 Å². The molecule has 0 aliphatic carbocycles. The van der Waals surface area contributed by atoms with Crippen LogP contribution < -0.4 is 4.57 Å². The third kappa shape index (κ3) is 2.03. The van der Waals surface area contributed by atoms with E-state index in [9.17, 15) is 0 Å². The van der Waals surface area contributed by atoms with Crippen LogP contribution in [0, 0.1) is 11.3 Å². The predicted octanol–water partition coefficient (Wildman–Crippen LogP) is 2.16. The van der Waals surface area contributed by atoms with Crippen LogP contribution in [0.25, 0.3) is 11.3 Å². The quantitative estimate of drug-likeness (QED) is 0.675. The summed E-state index contributed by atoms with van der Waals surface area (Å²) in [5.74, 6) is 0. The number of rotatable bonds is 2. The summed E-state index contributed by atoms with van der Waals surface area (Å²) in [6.07, 6.45) is 1.92. The van der Waals surface area contributed by atoms with Gasteiger partial charge < -0.3 is 0 Å². The van der Waals surface area contributed by atoms with Crippen molar-refractivity contribution < 1.29 is 4.57 Å². The molecule has 0 N–H and O–H groups in total. The van der Waals surface area contributed by atoms with Crippen LogP contribution in [0.2, 0.25) is 0 Å². The molecule has 1 aromatic carbocycles. The van der Waals surface area contributed by atoms with Gasteiger partial charge in [0.05, 0.1) is 0 Å². The third-order valence-electron chi connectivity index (χ3n) is 2.25. The lowest BCUT2D eigenvalue weighted by molar-refractivity contribution is -0.674. The molecule has 15 heavy (non-hydrogen) atoms. The summed E-state index contributed by atoms with van der Waals surface area (Å²) in [4.78, 5) is 0. The van der Waals surface area contributed by atoms with Crippen molar-refractivity contribution in [3.05, 3.63) is 54.7 Å². The Labute approximate surface area is 89.0 Å². The fraction of sp³-hybridized carbons (Fsp3) is 0.0769. The highest BCUT2D eigenvalue weighted by Crippen LogP contribution is 2.13. The van der Waals surface area contributed by atoms with Crippen molar-refractivity contribution in [2.45, 2.75) is 6.54 Å². The predicted molar refractivity (Wildman–Crippen MR) is 57.7 cm³/mol. The van der Waals surface area contributed by atoms with Gasteiger partial charge in [0.2, 0.25) is 12.2 Å². The van der Waals surface area contributed by atoms with Crippen molar-refractivity contribution in [3.8, 4) is 17.3 Å². The molecule has 0 fully saturated rings. The van der Waals surface area contributed by atoms with E-state index in [1.807, 2.05) is 59.3 Å². The van der Waals surface area contributed by atoms with Crippen molar-refractivity contribution in [2.75, 3.05) is 0 Å². The summed E-state index contributed by atoms with van der Waals surface area (Å²) in [6.45, 7) is 0.380. The smallest absolute Gasteiger partial charge is 0.191 e. The Morgan fingerprint density at radius 3 is 2.47 bits per heavy atom. The Hall–Kier alpha value is -2.14. The highest BCUT2D eigenvalue weighted by Gasteiger charge is 2.09. The molecular weight excluding hydrogens is 184 g/mol. The Kier molecular flexibility index (Phi) is 2.75. The lowest BCUT2D eigenvalue weighted by Crippen LogP contribution is -2.34. The van der Waals surface area contributed by atoms with E-state index in [2.05, 4.69) is 6.07 Å². The SMILES string of the molecule is N#CC[n+]1ccccc1-c1ccccc1. The van der Waals surface area contributed by atoms with E-state index in [-0.39, 0.29) is 0 Å². The van der Waals surface area contributed by atoms with Gasteiger partial charge in [0, 0.05) is 17.7 Å². The summed E-state index contributed by atoms with van der Waals surface area (Å²) in [6, 6.07) is 18.2. The maximum absolute atomic E-state index is 8.72. The molecule has 0 aliphatic rings. The molecule has 1 heterocycles. The van der Waals surface area contributed by atoms with E-state index in [4.69, 9.17) is 5.26 Å². The number of aromatic nitrogens is 1. The van der Waals surface area contributed by atoms with Crippen molar-refractivity contribution in [2.24, 2.45) is 0 Å². The van der Waals surface area contributed by atoms with Gasteiger partial charge in [-0.1, -0.05) is 18.2 Å². The minimum Gasteiger partial charge on any atom is -0.191 e. The normalized spacial score (nSPS) is 9.53. The van der Waals surface area contributed by atoms with Crippen LogP contribution in [0.15, 0.2) is 54.7 Å². The van der Waals surface area contributed by atoms with Gasteiger partial charge in [-0.15, -0.1) is 0 Å². The zero-order chi connectivity index (χ0) is 10.5. The van der Waals surface area contributed by atoms with Gasteiger partial charge in [0.15, 0.2) is 6.20 Å². The Balaban J connectivity index is 2.49. The Bertz CT molecular complexity index is 483. The van der Waals surface area contributed by atoms with E-state index in [1.54, 1.807) is 0 Å². The number of nitrogens with zero attached hydrogens (tertiary/aromatic N) is 2. The highest BCUT2D eigenvalue weighted by atomic mass is 14.9. The van der Waals surface area contributed by atoms with Crippen LogP contribution in [-0.2, 0) is 6.54 Å². The fourth-order valence-corrected chi connectivity index (χ4v) is 1.56. The van der Waals surface area contributed by atoms with Crippen LogP contribution in [0.3, 0.4) is 0 Å². The molecule has 0 amide bonds. The molecule has 0 spiro atoms. The number of hydrogen-bond acceptors (Lipinski definition) is 1. The number of benzene rings is 1. The average molecular weight is 195 g/mol. The standard InChI is InChI=1S/C13H11N2/c14-9-11-15-10-5-4-8-13(15)12-6-2-1-3-7-12/h1-8,10H,11H2/q+1. The molecule has 0 aliphatic heterocycles. The van der Waals surface area contributed by atoms with Crippen LogP contribution in [0.4, 0.5) is 0 Å². The first-order chi connectivity index (χ1) is 7.42. The van der Waals surface area contributed by atoms with Crippen LogP contribution in [-0.4, -0.2) is 0 Å². The van der Waals surface area contributed by atoms with Crippen LogP contribution in [0.5, 0.6) is 0 Å². The van der Waals surface area contributed by atoms with Crippen LogP contribution >= 0.6 is 0 Å². The second-order valence-corrected chi connectivity index (χ2v) is 3.24. The summed E-state index contributed by atoms with van der Waals surface area (Å²) in [5.41, 5.74) is 2.20. The summed E-state index contributed by atoms with van der Waals surface area (Å²) >= 11 is 0. The lowest BCUT2D eigenvalue weighted by atomic mass is 10.1. The molecule has 2 rings (SSSR count).